The Bertz CT molecular complexity index is 685. The van der Waals surface area contributed by atoms with Crippen molar-refractivity contribution < 1.29 is 13.4 Å². The highest BCUT2D eigenvalue weighted by Gasteiger charge is 2.11. The summed E-state index contributed by atoms with van der Waals surface area (Å²) in [6.45, 7) is 0.369. The van der Waals surface area contributed by atoms with Gasteiger partial charge in [0.2, 0.25) is 5.91 Å². The molecule has 5 heteroatoms. The Morgan fingerprint density at radius 2 is 1.82 bits per heavy atom. The van der Waals surface area contributed by atoms with E-state index in [1.807, 2.05) is 12.1 Å². The van der Waals surface area contributed by atoms with Gasteiger partial charge in [-0.05, 0) is 35.4 Å². The molecule has 2 aromatic rings. The number of likely N-dealkylation sites (N-methyl/N-ethyl adjacent to an activating group) is 1. The second-order valence-corrected chi connectivity index (χ2v) is 6.53. The minimum atomic E-state index is -1.02. The van der Waals surface area contributed by atoms with E-state index in [0.29, 0.717) is 6.54 Å². The van der Waals surface area contributed by atoms with E-state index in [1.54, 1.807) is 42.5 Å². The van der Waals surface area contributed by atoms with Crippen LogP contribution in [0.3, 0.4) is 0 Å². The summed E-state index contributed by atoms with van der Waals surface area (Å²) >= 11 is 0. The van der Waals surface area contributed by atoms with E-state index in [4.69, 9.17) is 0 Å². The fourth-order valence-corrected chi connectivity index (χ4v) is 2.63. The number of halogens is 1. The van der Waals surface area contributed by atoms with Gasteiger partial charge in [0.15, 0.2) is 0 Å². The average Bonchev–Trinajstić information content (AvgIpc) is 2.47. The molecule has 0 N–H and O–H groups in total. The van der Waals surface area contributed by atoms with Crippen LogP contribution in [0.25, 0.3) is 0 Å². The number of carbonyl (C=O) groups is 1. The molecule has 3 nitrogen and oxygen atoms in total. The molecule has 0 aromatic heterocycles. The van der Waals surface area contributed by atoms with Crippen LogP contribution in [-0.4, -0.2) is 28.3 Å². The molecule has 0 fully saturated rings. The van der Waals surface area contributed by atoms with Crippen molar-refractivity contribution in [2.24, 2.45) is 0 Å². The zero-order valence-corrected chi connectivity index (χ0v) is 13.4. The number of rotatable bonds is 5. The molecule has 1 atom stereocenters. The van der Waals surface area contributed by atoms with Gasteiger partial charge in [0.25, 0.3) is 0 Å². The number of amides is 1. The average molecular weight is 319 g/mol. The van der Waals surface area contributed by atoms with Gasteiger partial charge >= 0.3 is 0 Å². The van der Waals surface area contributed by atoms with Crippen LogP contribution in [0.1, 0.15) is 11.1 Å². The van der Waals surface area contributed by atoms with Crippen LogP contribution >= 0.6 is 0 Å². The molecular formula is C17H18FNO2S. The van der Waals surface area contributed by atoms with Crippen molar-refractivity contribution in [2.45, 2.75) is 17.9 Å². The Morgan fingerprint density at radius 3 is 2.41 bits per heavy atom. The lowest BCUT2D eigenvalue weighted by Gasteiger charge is -2.17. The largest absolute Gasteiger partial charge is 0.341 e. The molecule has 0 spiro atoms. The third kappa shape index (κ3) is 4.49. The van der Waals surface area contributed by atoms with Crippen LogP contribution in [-0.2, 0) is 28.6 Å². The first-order chi connectivity index (χ1) is 10.5. The standard InChI is InChI=1S/C17H18FNO2S/c1-19(12-14-4-3-5-15(18)10-14)17(20)11-13-6-8-16(9-7-13)22(2)21/h3-10H,11-12H2,1-2H3/t22-/m0/s1. The summed E-state index contributed by atoms with van der Waals surface area (Å²) in [6.07, 6.45) is 1.88. The van der Waals surface area contributed by atoms with Crippen LogP contribution in [0, 0.1) is 5.82 Å². The van der Waals surface area contributed by atoms with Crippen molar-refractivity contribution in [1.82, 2.24) is 4.90 Å². The summed E-state index contributed by atoms with van der Waals surface area (Å²) in [4.78, 5) is 14.5. The molecule has 0 saturated heterocycles. The quantitative estimate of drug-likeness (QED) is 0.850. The number of hydrogen-bond acceptors (Lipinski definition) is 2. The summed E-state index contributed by atoms with van der Waals surface area (Å²) < 4.78 is 24.5. The van der Waals surface area contributed by atoms with Crippen LogP contribution < -0.4 is 0 Å². The number of carbonyl (C=O) groups excluding carboxylic acids is 1. The Kier molecular flexibility index (Phi) is 5.44. The maximum atomic E-state index is 13.1. The smallest absolute Gasteiger partial charge is 0.227 e. The van der Waals surface area contributed by atoms with Gasteiger partial charge in [-0.3, -0.25) is 9.00 Å². The first kappa shape index (κ1) is 16.4. The molecule has 0 heterocycles. The second kappa shape index (κ2) is 7.31. The normalized spacial score (nSPS) is 12.0. The highest BCUT2D eigenvalue weighted by molar-refractivity contribution is 7.84. The van der Waals surface area contributed by atoms with E-state index in [-0.39, 0.29) is 18.1 Å². The van der Waals surface area contributed by atoms with Gasteiger partial charge in [0.1, 0.15) is 5.82 Å². The van der Waals surface area contributed by atoms with Crippen molar-refractivity contribution >= 4 is 16.7 Å². The lowest BCUT2D eigenvalue weighted by atomic mass is 10.1. The third-order valence-electron chi connectivity index (χ3n) is 3.35. The molecule has 0 radical (unpaired) electrons. The molecule has 22 heavy (non-hydrogen) atoms. The summed E-state index contributed by atoms with van der Waals surface area (Å²) in [5.41, 5.74) is 1.62. The van der Waals surface area contributed by atoms with Gasteiger partial charge in [-0.25, -0.2) is 4.39 Å². The van der Waals surface area contributed by atoms with Crippen LogP contribution in [0.5, 0.6) is 0 Å². The van der Waals surface area contributed by atoms with Crippen LogP contribution in [0.4, 0.5) is 4.39 Å². The Labute approximate surface area is 132 Å². The zero-order valence-electron chi connectivity index (χ0n) is 12.6. The summed E-state index contributed by atoms with van der Waals surface area (Å²) in [5, 5.41) is 0. The first-order valence-corrected chi connectivity index (χ1v) is 8.42. The molecular weight excluding hydrogens is 301 g/mol. The van der Waals surface area contributed by atoms with E-state index in [0.717, 1.165) is 16.0 Å². The van der Waals surface area contributed by atoms with E-state index >= 15 is 0 Å². The highest BCUT2D eigenvalue weighted by atomic mass is 32.2. The van der Waals surface area contributed by atoms with E-state index in [2.05, 4.69) is 0 Å². The molecule has 1 amide bonds. The van der Waals surface area contributed by atoms with Gasteiger partial charge in [-0.2, -0.15) is 0 Å². The van der Waals surface area contributed by atoms with Crippen molar-refractivity contribution in [3.8, 4) is 0 Å². The van der Waals surface area contributed by atoms with Crippen molar-refractivity contribution in [1.29, 1.82) is 0 Å². The van der Waals surface area contributed by atoms with Gasteiger partial charge in [-0.15, -0.1) is 0 Å². The second-order valence-electron chi connectivity index (χ2n) is 5.15. The van der Waals surface area contributed by atoms with Crippen molar-refractivity contribution in [3.63, 3.8) is 0 Å². The van der Waals surface area contributed by atoms with Crippen molar-refractivity contribution in [2.75, 3.05) is 13.3 Å². The molecule has 0 bridgehead atoms. The predicted octanol–water partition coefficient (Wildman–Crippen LogP) is 2.76. The van der Waals surface area contributed by atoms with E-state index in [1.165, 1.54) is 12.1 Å². The lowest BCUT2D eigenvalue weighted by molar-refractivity contribution is -0.129. The van der Waals surface area contributed by atoms with Gasteiger partial charge in [-0.1, -0.05) is 24.3 Å². The lowest BCUT2D eigenvalue weighted by Crippen LogP contribution is -2.27. The maximum Gasteiger partial charge on any atom is 0.227 e. The molecule has 2 rings (SSSR count). The monoisotopic (exact) mass is 319 g/mol. The maximum absolute atomic E-state index is 13.1. The fourth-order valence-electron chi connectivity index (χ4n) is 2.11. The number of benzene rings is 2. The van der Waals surface area contributed by atoms with E-state index < -0.39 is 10.8 Å². The number of nitrogens with zero attached hydrogens (tertiary/aromatic N) is 1. The topological polar surface area (TPSA) is 37.4 Å². The predicted molar refractivity (Wildman–Crippen MR) is 85.4 cm³/mol. The Morgan fingerprint density at radius 1 is 1.14 bits per heavy atom. The molecule has 0 aliphatic carbocycles. The van der Waals surface area contributed by atoms with Gasteiger partial charge in [0.05, 0.1) is 6.42 Å². The van der Waals surface area contributed by atoms with Gasteiger partial charge < -0.3 is 4.90 Å². The molecule has 0 unspecified atom stereocenters. The summed E-state index contributed by atoms with van der Waals surface area (Å²) in [7, 11) is 0.679. The minimum Gasteiger partial charge on any atom is -0.341 e. The molecule has 0 aliphatic heterocycles. The third-order valence-corrected chi connectivity index (χ3v) is 4.28. The molecule has 0 saturated carbocycles. The summed E-state index contributed by atoms with van der Waals surface area (Å²) in [5.74, 6) is -0.351. The molecule has 2 aromatic carbocycles. The molecule has 0 aliphatic rings. The first-order valence-electron chi connectivity index (χ1n) is 6.86. The Balaban J connectivity index is 1.97. The fraction of sp³-hybridized carbons (Fsp3) is 0.235. The van der Waals surface area contributed by atoms with Crippen LogP contribution in [0.15, 0.2) is 53.4 Å². The van der Waals surface area contributed by atoms with E-state index in [9.17, 15) is 13.4 Å². The SMILES string of the molecule is CN(Cc1cccc(F)c1)C(=O)Cc1ccc([S@](C)=O)cc1. The summed E-state index contributed by atoms with van der Waals surface area (Å²) in [6, 6.07) is 13.4. The highest BCUT2D eigenvalue weighted by Crippen LogP contribution is 2.11. The minimum absolute atomic E-state index is 0.0466. The Hall–Kier alpha value is -2.01. The van der Waals surface area contributed by atoms with Crippen LogP contribution in [0.2, 0.25) is 0 Å². The van der Waals surface area contributed by atoms with Crippen molar-refractivity contribution in [3.05, 3.63) is 65.5 Å². The molecule has 116 valence electrons. The van der Waals surface area contributed by atoms with Gasteiger partial charge in [0, 0.05) is 35.5 Å². The number of hydrogen-bond donors (Lipinski definition) is 0. The zero-order chi connectivity index (χ0) is 16.1.